The third-order valence-electron chi connectivity index (χ3n) is 3.25. The van der Waals surface area contributed by atoms with Crippen molar-refractivity contribution in [2.75, 3.05) is 12.4 Å². The van der Waals surface area contributed by atoms with E-state index in [1.165, 1.54) is 18.9 Å². The molecule has 0 fully saturated rings. The maximum Gasteiger partial charge on any atom is 0.330 e. The average molecular weight is 381 g/mol. The Labute approximate surface area is 158 Å². The number of benzene rings is 1. The molecule has 1 heterocycles. The van der Waals surface area contributed by atoms with E-state index >= 15 is 0 Å². The molecule has 0 saturated heterocycles. The monoisotopic (exact) mass is 380 g/mol. The van der Waals surface area contributed by atoms with Gasteiger partial charge in [-0.3, -0.25) is 0 Å². The molecular formula is C19H28N2O2S2. The molecule has 0 spiro atoms. The molecule has 0 aliphatic carbocycles. The fourth-order valence-electron chi connectivity index (χ4n) is 2.08. The number of hydrogen-bond donors (Lipinski definition) is 1. The largest absolute Gasteiger partial charge is 0.463 e. The van der Waals surface area contributed by atoms with Gasteiger partial charge in [-0.15, -0.1) is 0 Å². The molecule has 25 heavy (non-hydrogen) atoms. The first-order valence-electron chi connectivity index (χ1n) is 8.77. The van der Waals surface area contributed by atoms with Gasteiger partial charge in [0, 0.05) is 11.8 Å². The summed E-state index contributed by atoms with van der Waals surface area (Å²) in [7, 11) is 3.73. The van der Waals surface area contributed by atoms with Crippen molar-refractivity contribution < 1.29 is 9.53 Å². The Morgan fingerprint density at radius 2 is 1.96 bits per heavy atom. The lowest BCUT2D eigenvalue weighted by atomic mass is 10.2. The highest BCUT2D eigenvalue weighted by molar-refractivity contribution is 8.76. The van der Waals surface area contributed by atoms with Gasteiger partial charge in [-0.2, -0.15) is 0 Å². The number of fused-ring (bicyclic) bond motifs is 1. The number of hydrogen-bond acceptors (Lipinski definition) is 5. The van der Waals surface area contributed by atoms with Crippen LogP contribution in [-0.2, 0) is 15.3 Å². The van der Waals surface area contributed by atoms with E-state index in [-0.39, 0.29) is 5.97 Å². The fourth-order valence-corrected chi connectivity index (χ4v) is 4.14. The van der Waals surface area contributed by atoms with Crippen molar-refractivity contribution in [2.24, 2.45) is 0 Å². The summed E-state index contributed by atoms with van der Waals surface area (Å²) in [5.41, 5.74) is 2.13. The number of rotatable bonds is 11. The van der Waals surface area contributed by atoms with Crippen LogP contribution in [0.2, 0.25) is 0 Å². The van der Waals surface area contributed by atoms with E-state index < -0.39 is 0 Å². The van der Waals surface area contributed by atoms with Crippen LogP contribution in [0.5, 0.6) is 0 Å². The highest BCUT2D eigenvalue weighted by Gasteiger charge is 2.02. The van der Waals surface area contributed by atoms with Crippen molar-refractivity contribution in [1.82, 2.24) is 9.97 Å². The molecule has 0 amide bonds. The molecular weight excluding hydrogens is 352 g/mol. The van der Waals surface area contributed by atoms with Crippen LogP contribution in [0.15, 0.2) is 36.9 Å². The minimum Gasteiger partial charge on any atom is -0.463 e. The zero-order valence-electron chi connectivity index (χ0n) is 15.1. The zero-order valence-corrected chi connectivity index (χ0v) is 16.8. The molecule has 1 N–H and O–H groups in total. The summed E-state index contributed by atoms with van der Waals surface area (Å²) in [5, 5.41) is 0. The predicted octanol–water partition coefficient (Wildman–Crippen LogP) is 5.76. The SMILES string of the molecule is C=CC(=O)OCCCCCCSSCc1nc2ccccc2[nH]1.CC. The first-order valence-corrected chi connectivity index (χ1v) is 11.3. The summed E-state index contributed by atoms with van der Waals surface area (Å²) in [6, 6.07) is 8.10. The van der Waals surface area contributed by atoms with E-state index in [0.717, 1.165) is 41.2 Å². The molecule has 0 radical (unpaired) electrons. The number of nitrogens with one attached hydrogen (secondary N) is 1. The van der Waals surface area contributed by atoms with Gasteiger partial charge in [-0.1, -0.05) is 67.0 Å². The summed E-state index contributed by atoms with van der Waals surface area (Å²) < 4.78 is 4.93. The van der Waals surface area contributed by atoms with Crippen LogP contribution in [0, 0.1) is 0 Å². The quantitative estimate of drug-likeness (QED) is 0.232. The van der Waals surface area contributed by atoms with Gasteiger partial charge in [0.1, 0.15) is 5.82 Å². The number of carbonyl (C=O) groups is 1. The number of H-pyrrole nitrogens is 1. The first-order chi connectivity index (χ1) is 12.3. The molecule has 6 heteroatoms. The van der Waals surface area contributed by atoms with Crippen molar-refractivity contribution in [3.05, 3.63) is 42.7 Å². The van der Waals surface area contributed by atoms with Gasteiger partial charge in [0.05, 0.1) is 23.4 Å². The lowest BCUT2D eigenvalue weighted by Crippen LogP contribution is -2.01. The normalized spacial score (nSPS) is 10.2. The van der Waals surface area contributed by atoms with Crippen LogP contribution in [0.1, 0.15) is 45.4 Å². The van der Waals surface area contributed by atoms with Crippen LogP contribution >= 0.6 is 21.6 Å². The molecule has 2 rings (SSSR count). The number of imidazole rings is 1. The minimum absolute atomic E-state index is 0.331. The molecule has 0 atom stereocenters. The number of nitrogens with zero attached hydrogens (tertiary/aromatic N) is 1. The van der Waals surface area contributed by atoms with Crippen LogP contribution in [-0.4, -0.2) is 28.3 Å². The second-order valence-electron chi connectivity index (χ2n) is 5.07. The Morgan fingerprint density at radius 3 is 2.72 bits per heavy atom. The maximum absolute atomic E-state index is 10.8. The van der Waals surface area contributed by atoms with Crippen molar-refractivity contribution in [1.29, 1.82) is 0 Å². The number of unbranched alkanes of at least 4 members (excludes halogenated alkanes) is 3. The van der Waals surface area contributed by atoms with Crippen LogP contribution in [0.25, 0.3) is 11.0 Å². The topological polar surface area (TPSA) is 55.0 Å². The number of aromatic nitrogens is 2. The second kappa shape index (κ2) is 13.8. The van der Waals surface area contributed by atoms with Gasteiger partial charge in [-0.05, 0) is 25.0 Å². The lowest BCUT2D eigenvalue weighted by Gasteiger charge is -2.02. The minimum atomic E-state index is -0.331. The molecule has 4 nitrogen and oxygen atoms in total. The second-order valence-corrected chi connectivity index (χ2v) is 7.65. The predicted molar refractivity (Wildman–Crippen MR) is 111 cm³/mol. The molecule has 1 aromatic carbocycles. The Morgan fingerprint density at radius 1 is 1.20 bits per heavy atom. The standard InChI is InChI=1S/C17H22N2O2S2.C2H6/c1-2-17(20)21-11-7-3-4-8-12-22-23-13-16-18-14-9-5-6-10-15(14)19-16;1-2/h2,5-6,9-10H,1,3-4,7-8,11-13H2,(H,18,19);1-2H3. The zero-order chi connectivity index (χ0) is 18.3. The van der Waals surface area contributed by atoms with Gasteiger partial charge < -0.3 is 9.72 Å². The summed E-state index contributed by atoms with van der Waals surface area (Å²) in [6.07, 6.45) is 5.59. The van der Waals surface area contributed by atoms with Gasteiger partial charge in [-0.25, -0.2) is 9.78 Å². The smallest absolute Gasteiger partial charge is 0.330 e. The number of ether oxygens (including phenoxy) is 1. The molecule has 2 aromatic rings. The van der Waals surface area contributed by atoms with Crippen molar-refractivity contribution in [2.45, 2.75) is 45.3 Å². The van der Waals surface area contributed by atoms with Crippen LogP contribution in [0.4, 0.5) is 0 Å². The third kappa shape index (κ3) is 9.02. The summed E-state index contributed by atoms with van der Waals surface area (Å²) in [5.74, 6) is 2.74. The highest BCUT2D eigenvalue weighted by atomic mass is 33.1. The number of aromatic amines is 1. The van der Waals surface area contributed by atoms with E-state index in [1.807, 2.05) is 53.6 Å². The van der Waals surface area contributed by atoms with Crippen LogP contribution in [0.3, 0.4) is 0 Å². The van der Waals surface area contributed by atoms with E-state index in [4.69, 9.17) is 4.74 Å². The Balaban J connectivity index is 0.00000151. The average Bonchev–Trinajstić information content (AvgIpc) is 3.07. The Bertz CT molecular complexity index is 596. The maximum atomic E-state index is 10.8. The van der Waals surface area contributed by atoms with Gasteiger partial charge in [0.2, 0.25) is 0 Å². The number of esters is 1. The van der Waals surface area contributed by atoms with Gasteiger partial charge in [0.25, 0.3) is 0 Å². The third-order valence-corrected chi connectivity index (χ3v) is 5.62. The first kappa shape index (κ1) is 21.6. The molecule has 0 saturated carbocycles. The number of para-hydroxylation sites is 2. The summed E-state index contributed by atoms with van der Waals surface area (Å²) >= 11 is 0. The molecule has 0 aliphatic rings. The van der Waals surface area contributed by atoms with E-state index in [2.05, 4.69) is 22.6 Å². The van der Waals surface area contributed by atoms with Crippen molar-refractivity contribution in [3.63, 3.8) is 0 Å². The lowest BCUT2D eigenvalue weighted by molar-refractivity contribution is -0.137. The highest BCUT2D eigenvalue weighted by Crippen LogP contribution is 2.27. The molecule has 138 valence electrons. The molecule has 1 aromatic heterocycles. The van der Waals surface area contributed by atoms with Crippen molar-refractivity contribution in [3.8, 4) is 0 Å². The van der Waals surface area contributed by atoms with Crippen LogP contribution < -0.4 is 0 Å². The Kier molecular flexibility index (Phi) is 12.0. The van der Waals surface area contributed by atoms with E-state index in [1.54, 1.807) is 0 Å². The van der Waals surface area contributed by atoms with Crippen molar-refractivity contribution >= 4 is 38.6 Å². The van der Waals surface area contributed by atoms with E-state index in [9.17, 15) is 4.79 Å². The Hall–Kier alpha value is -1.40. The van der Waals surface area contributed by atoms with Gasteiger partial charge in [0.15, 0.2) is 0 Å². The number of carbonyl (C=O) groups excluding carboxylic acids is 1. The molecule has 0 aliphatic heterocycles. The summed E-state index contributed by atoms with van der Waals surface area (Å²) in [6.45, 7) is 7.86. The molecule has 0 unspecified atom stereocenters. The van der Waals surface area contributed by atoms with Gasteiger partial charge >= 0.3 is 5.97 Å². The summed E-state index contributed by atoms with van der Waals surface area (Å²) in [4.78, 5) is 18.7. The fraction of sp³-hybridized carbons (Fsp3) is 0.474. The molecule has 0 bridgehead atoms. The van der Waals surface area contributed by atoms with E-state index in [0.29, 0.717) is 6.61 Å².